The van der Waals surface area contributed by atoms with Gasteiger partial charge in [-0.05, 0) is 42.2 Å². The SMILES string of the molecule is CNC(=O)c1c(O)c2ncc(Cc3ccc(F)cc3)cc2n(CCCOC)c1=O. The fourth-order valence-corrected chi connectivity index (χ4v) is 3.20. The first-order valence-electron chi connectivity index (χ1n) is 9.16. The van der Waals surface area contributed by atoms with Crippen molar-refractivity contribution >= 4 is 16.9 Å². The Bertz CT molecular complexity index is 1090. The minimum Gasteiger partial charge on any atom is -0.505 e. The Morgan fingerprint density at radius 1 is 1.28 bits per heavy atom. The predicted molar refractivity (Wildman–Crippen MR) is 107 cm³/mol. The highest BCUT2D eigenvalue weighted by atomic mass is 19.1. The molecule has 2 aromatic heterocycles. The number of aromatic nitrogens is 2. The number of aromatic hydroxyl groups is 1. The average molecular weight is 399 g/mol. The topological polar surface area (TPSA) is 93.5 Å². The number of fused-ring (bicyclic) bond motifs is 1. The van der Waals surface area contributed by atoms with Crippen molar-refractivity contribution < 1.29 is 19.0 Å². The summed E-state index contributed by atoms with van der Waals surface area (Å²) in [6.45, 7) is 0.738. The van der Waals surface area contributed by atoms with E-state index in [1.54, 1.807) is 31.5 Å². The minimum absolute atomic E-state index is 0.170. The van der Waals surface area contributed by atoms with Gasteiger partial charge in [0.25, 0.3) is 11.5 Å². The van der Waals surface area contributed by atoms with Gasteiger partial charge in [-0.15, -0.1) is 0 Å². The van der Waals surface area contributed by atoms with Crippen molar-refractivity contribution in [2.75, 3.05) is 20.8 Å². The lowest BCUT2D eigenvalue weighted by Crippen LogP contribution is -2.32. The lowest BCUT2D eigenvalue weighted by atomic mass is 10.1. The zero-order valence-electron chi connectivity index (χ0n) is 16.2. The minimum atomic E-state index is -0.674. The van der Waals surface area contributed by atoms with E-state index in [1.165, 1.54) is 23.7 Å². The number of hydrogen-bond donors (Lipinski definition) is 2. The first-order valence-corrected chi connectivity index (χ1v) is 9.16. The normalized spacial score (nSPS) is 11.0. The Balaban J connectivity index is 2.13. The van der Waals surface area contributed by atoms with Gasteiger partial charge < -0.3 is 19.7 Å². The number of carbonyl (C=O) groups excluding carboxylic acids is 1. The monoisotopic (exact) mass is 399 g/mol. The molecule has 3 aromatic rings. The molecule has 0 aliphatic heterocycles. The van der Waals surface area contributed by atoms with E-state index < -0.39 is 17.2 Å². The van der Waals surface area contributed by atoms with E-state index in [4.69, 9.17) is 4.74 Å². The molecule has 1 amide bonds. The number of nitrogens with zero attached hydrogens (tertiary/aromatic N) is 2. The van der Waals surface area contributed by atoms with Crippen LogP contribution < -0.4 is 10.9 Å². The van der Waals surface area contributed by atoms with Crippen LogP contribution in [0, 0.1) is 5.82 Å². The number of ether oxygens (including phenoxy) is 1. The molecule has 1 aromatic carbocycles. The third-order valence-corrected chi connectivity index (χ3v) is 4.64. The van der Waals surface area contributed by atoms with Crippen molar-refractivity contribution in [3.8, 4) is 5.75 Å². The second-order valence-electron chi connectivity index (χ2n) is 6.62. The molecule has 0 atom stereocenters. The molecule has 0 bridgehead atoms. The molecular weight excluding hydrogens is 377 g/mol. The standard InChI is InChI=1S/C21H22FN3O4/c1-23-20(27)17-19(26)18-16(25(21(17)28)8-3-9-29-2)11-14(12-24-18)10-13-4-6-15(22)7-5-13/h4-7,11-12,26H,3,8-10H2,1-2H3,(H,23,27). The van der Waals surface area contributed by atoms with E-state index in [2.05, 4.69) is 10.3 Å². The second-order valence-corrected chi connectivity index (χ2v) is 6.62. The fraction of sp³-hybridized carbons (Fsp3) is 0.286. The number of aryl methyl sites for hydroxylation is 1. The van der Waals surface area contributed by atoms with Gasteiger partial charge in [-0.3, -0.25) is 14.6 Å². The second kappa shape index (κ2) is 8.83. The third kappa shape index (κ3) is 4.27. The van der Waals surface area contributed by atoms with Crippen molar-refractivity contribution in [2.24, 2.45) is 0 Å². The summed E-state index contributed by atoms with van der Waals surface area (Å²) in [5, 5.41) is 12.9. The summed E-state index contributed by atoms with van der Waals surface area (Å²) in [7, 11) is 2.95. The van der Waals surface area contributed by atoms with Crippen molar-refractivity contribution in [1.29, 1.82) is 0 Å². The first-order chi connectivity index (χ1) is 14.0. The van der Waals surface area contributed by atoms with Crippen LogP contribution in [-0.2, 0) is 17.7 Å². The number of rotatable bonds is 7. The summed E-state index contributed by atoms with van der Waals surface area (Å²) in [5.41, 5.74) is 1.34. The molecule has 0 saturated carbocycles. The number of amides is 1. The summed E-state index contributed by atoms with van der Waals surface area (Å²) in [6, 6.07) is 7.87. The highest BCUT2D eigenvalue weighted by molar-refractivity contribution is 6.01. The Labute approximate surface area is 166 Å². The Hall–Kier alpha value is -3.26. The van der Waals surface area contributed by atoms with Gasteiger partial charge in [0.05, 0.1) is 5.52 Å². The molecule has 29 heavy (non-hydrogen) atoms. The van der Waals surface area contributed by atoms with Gasteiger partial charge in [0.2, 0.25) is 0 Å². The Kier molecular flexibility index (Phi) is 6.23. The van der Waals surface area contributed by atoms with E-state index in [-0.39, 0.29) is 16.9 Å². The molecule has 0 aliphatic rings. The van der Waals surface area contributed by atoms with Crippen LogP contribution in [0.1, 0.15) is 27.9 Å². The van der Waals surface area contributed by atoms with Crippen LogP contribution in [0.25, 0.3) is 11.0 Å². The van der Waals surface area contributed by atoms with Gasteiger partial charge in [-0.25, -0.2) is 4.39 Å². The quantitative estimate of drug-likeness (QED) is 0.595. The molecule has 8 heteroatoms. The van der Waals surface area contributed by atoms with Crippen molar-refractivity contribution in [3.05, 3.63) is 69.4 Å². The van der Waals surface area contributed by atoms with Crippen LogP contribution >= 0.6 is 0 Å². The lowest BCUT2D eigenvalue weighted by molar-refractivity contribution is 0.0958. The average Bonchev–Trinajstić information content (AvgIpc) is 2.72. The largest absolute Gasteiger partial charge is 0.505 e. The molecular formula is C21H22FN3O4. The van der Waals surface area contributed by atoms with Crippen LogP contribution in [0.15, 0.2) is 41.3 Å². The molecule has 7 nitrogen and oxygen atoms in total. The van der Waals surface area contributed by atoms with Crippen LogP contribution in [0.2, 0.25) is 0 Å². The van der Waals surface area contributed by atoms with Gasteiger partial charge in [0, 0.05) is 33.5 Å². The van der Waals surface area contributed by atoms with Gasteiger partial charge in [-0.2, -0.15) is 0 Å². The molecule has 2 N–H and O–H groups in total. The number of halogens is 1. The highest BCUT2D eigenvalue weighted by Gasteiger charge is 2.22. The molecule has 0 unspecified atom stereocenters. The van der Waals surface area contributed by atoms with E-state index >= 15 is 0 Å². The van der Waals surface area contributed by atoms with Gasteiger partial charge in [0.15, 0.2) is 5.75 Å². The summed E-state index contributed by atoms with van der Waals surface area (Å²) < 4.78 is 19.6. The maximum Gasteiger partial charge on any atom is 0.267 e. The van der Waals surface area contributed by atoms with Crippen LogP contribution in [0.3, 0.4) is 0 Å². The summed E-state index contributed by atoms with van der Waals surface area (Å²) in [4.78, 5) is 29.4. The maximum atomic E-state index is 13.1. The van der Waals surface area contributed by atoms with E-state index in [0.29, 0.717) is 31.5 Å². The van der Waals surface area contributed by atoms with Crippen LogP contribution in [0.5, 0.6) is 5.75 Å². The highest BCUT2D eigenvalue weighted by Crippen LogP contribution is 2.26. The smallest absolute Gasteiger partial charge is 0.267 e. The summed E-state index contributed by atoms with van der Waals surface area (Å²) in [6.07, 6.45) is 2.60. The Morgan fingerprint density at radius 2 is 2.00 bits per heavy atom. The van der Waals surface area contributed by atoms with Crippen LogP contribution in [-0.4, -0.2) is 41.3 Å². The van der Waals surface area contributed by atoms with Crippen molar-refractivity contribution in [3.63, 3.8) is 0 Å². The van der Waals surface area contributed by atoms with Crippen molar-refractivity contribution in [2.45, 2.75) is 19.4 Å². The van der Waals surface area contributed by atoms with E-state index in [1.807, 2.05) is 0 Å². The summed E-state index contributed by atoms with van der Waals surface area (Å²) >= 11 is 0. The third-order valence-electron chi connectivity index (χ3n) is 4.64. The number of methoxy groups -OCH3 is 1. The van der Waals surface area contributed by atoms with Gasteiger partial charge in [0.1, 0.15) is 16.9 Å². The zero-order chi connectivity index (χ0) is 21.0. The lowest BCUT2D eigenvalue weighted by Gasteiger charge is -2.15. The van der Waals surface area contributed by atoms with E-state index in [0.717, 1.165) is 11.1 Å². The molecule has 0 spiro atoms. The first kappa shape index (κ1) is 20.5. The molecule has 0 fully saturated rings. The zero-order valence-corrected chi connectivity index (χ0v) is 16.2. The number of pyridine rings is 2. The number of carbonyl (C=O) groups is 1. The number of benzene rings is 1. The van der Waals surface area contributed by atoms with E-state index in [9.17, 15) is 19.1 Å². The number of hydrogen-bond acceptors (Lipinski definition) is 5. The molecule has 152 valence electrons. The number of nitrogens with one attached hydrogen (secondary N) is 1. The molecule has 2 heterocycles. The maximum absolute atomic E-state index is 13.1. The summed E-state index contributed by atoms with van der Waals surface area (Å²) in [5.74, 6) is -1.43. The molecule has 0 aliphatic carbocycles. The van der Waals surface area contributed by atoms with Gasteiger partial charge in [-0.1, -0.05) is 12.1 Å². The fourth-order valence-electron chi connectivity index (χ4n) is 3.20. The molecule has 0 radical (unpaired) electrons. The predicted octanol–water partition coefficient (Wildman–Crippen LogP) is 2.23. The Morgan fingerprint density at radius 3 is 2.66 bits per heavy atom. The van der Waals surface area contributed by atoms with Crippen LogP contribution in [0.4, 0.5) is 4.39 Å². The molecule has 0 saturated heterocycles. The molecule has 3 rings (SSSR count). The van der Waals surface area contributed by atoms with Crippen molar-refractivity contribution in [1.82, 2.24) is 14.9 Å². The van der Waals surface area contributed by atoms with Gasteiger partial charge >= 0.3 is 0 Å².